The first-order valence-electron chi connectivity index (χ1n) is 9.71. The predicted octanol–water partition coefficient (Wildman–Crippen LogP) is 3.23. The first kappa shape index (κ1) is 22.1. The maximum atomic E-state index is 6.08. The summed E-state index contributed by atoms with van der Waals surface area (Å²) in [5.74, 6) is 0. The first-order valence-corrected chi connectivity index (χ1v) is 9.71. The topological polar surface area (TPSA) is 55.4 Å². The van der Waals surface area contributed by atoms with E-state index in [0.717, 1.165) is 6.42 Å². The molecule has 26 heavy (non-hydrogen) atoms. The van der Waals surface area contributed by atoms with Crippen LogP contribution < -0.4 is 0 Å². The largest absolute Gasteiger partial charge is 0.384 e. The molecule has 0 N–H and O–H groups in total. The molecule has 0 amide bonds. The number of hydrogen-bond donors (Lipinski definition) is 0. The minimum Gasteiger partial charge on any atom is -0.384 e. The Morgan fingerprint density at radius 1 is 0.885 bits per heavy atom. The van der Waals surface area contributed by atoms with Crippen LogP contribution in [0.15, 0.2) is 0 Å². The van der Waals surface area contributed by atoms with Crippen molar-refractivity contribution in [2.45, 2.75) is 66.6 Å². The molecule has 2 aliphatic rings. The number of hydrogen-bond acceptors (Lipinski definition) is 6. The van der Waals surface area contributed by atoms with Gasteiger partial charge in [-0.05, 0) is 13.3 Å². The van der Waals surface area contributed by atoms with Crippen molar-refractivity contribution in [3.8, 4) is 0 Å². The molecule has 1 atom stereocenters. The van der Waals surface area contributed by atoms with E-state index >= 15 is 0 Å². The van der Waals surface area contributed by atoms with Crippen LogP contribution in [0, 0.1) is 16.2 Å². The van der Waals surface area contributed by atoms with Gasteiger partial charge in [0, 0.05) is 17.9 Å². The molecule has 0 radical (unpaired) electrons. The quantitative estimate of drug-likeness (QED) is 0.650. The molecule has 0 saturated carbocycles. The molecule has 154 valence electrons. The van der Waals surface area contributed by atoms with Crippen molar-refractivity contribution in [2.24, 2.45) is 16.2 Å². The first-order chi connectivity index (χ1) is 12.1. The van der Waals surface area contributed by atoms with Crippen LogP contribution in [0.2, 0.25) is 0 Å². The van der Waals surface area contributed by atoms with Gasteiger partial charge in [-0.2, -0.15) is 0 Å². The third-order valence-corrected chi connectivity index (χ3v) is 5.27. The van der Waals surface area contributed by atoms with Gasteiger partial charge in [0.25, 0.3) is 0 Å². The van der Waals surface area contributed by atoms with Gasteiger partial charge in [-0.15, -0.1) is 0 Å². The lowest BCUT2D eigenvalue weighted by Gasteiger charge is -2.48. The highest BCUT2D eigenvalue weighted by atomic mass is 16.7. The minimum absolute atomic E-state index is 0.190. The average molecular weight is 375 g/mol. The lowest BCUT2D eigenvalue weighted by Crippen LogP contribution is -2.57. The summed E-state index contributed by atoms with van der Waals surface area (Å²) < 4.78 is 35.4. The van der Waals surface area contributed by atoms with Gasteiger partial charge in [-0.25, -0.2) is 0 Å². The van der Waals surface area contributed by atoms with Crippen LogP contribution in [0.5, 0.6) is 0 Å². The van der Waals surface area contributed by atoms with Crippen molar-refractivity contribution in [3.05, 3.63) is 0 Å². The van der Waals surface area contributed by atoms with Gasteiger partial charge in [0.05, 0.1) is 51.2 Å². The number of methoxy groups -OCH3 is 1. The van der Waals surface area contributed by atoms with Gasteiger partial charge < -0.3 is 28.4 Å². The van der Waals surface area contributed by atoms with Gasteiger partial charge in [-0.1, -0.05) is 34.6 Å². The molecule has 2 rings (SSSR count). The number of rotatable bonds is 8. The lowest BCUT2D eigenvalue weighted by molar-refractivity contribution is -0.338. The van der Waals surface area contributed by atoms with E-state index in [1.807, 2.05) is 0 Å². The zero-order valence-corrected chi connectivity index (χ0v) is 17.6. The van der Waals surface area contributed by atoms with E-state index in [4.69, 9.17) is 28.4 Å². The van der Waals surface area contributed by atoms with Gasteiger partial charge >= 0.3 is 0 Å². The minimum atomic E-state index is -0.278. The molecular weight excluding hydrogens is 336 g/mol. The van der Waals surface area contributed by atoms with Crippen LogP contribution >= 0.6 is 0 Å². The molecule has 2 saturated heterocycles. The molecule has 0 bridgehead atoms. The van der Waals surface area contributed by atoms with Crippen molar-refractivity contribution in [1.29, 1.82) is 0 Å². The Morgan fingerprint density at radius 3 is 1.69 bits per heavy atom. The summed E-state index contributed by atoms with van der Waals surface area (Å²) in [6.07, 6.45) is 0.698. The predicted molar refractivity (Wildman–Crippen MR) is 99.0 cm³/mol. The van der Waals surface area contributed by atoms with E-state index in [2.05, 4.69) is 41.5 Å². The highest BCUT2D eigenvalue weighted by Gasteiger charge is 2.47. The molecule has 6 heteroatoms. The summed E-state index contributed by atoms with van der Waals surface area (Å²) in [6, 6.07) is 0. The van der Waals surface area contributed by atoms with Crippen molar-refractivity contribution in [3.63, 3.8) is 0 Å². The summed E-state index contributed by atoms with van der Waals surface area (Å²) in [5.41, 5.74) is -0.626. The maximum absolute atomic E-state index is 6.08. The van der Waals surface area contributed by atoms with E-state index in [0.29, 0.717) is 39.6 Å². The van der Waals surface area contributed by atoms with E-state index in [-0.39, 0.29) is 34.9 Å². The fourth-order valence-electron chi connectivity index (χ4n) is 3.24. The molecule has 0 aliphatic carbocycles. The summed E-state index contributed by atoms with van der Waals surface area (Å²) in [4.78, 5) is 0. The number of ether oxygens (including phenoxy) is 6. The second kappa shape index (κ2) is 8.84. The third-order valence-electron chi connectivity index (χ3n) is 5.27. The molecule has 0 aromatic heterocycles. The molecule has 2 aliphatic heterocycles. The van der Waals surface area contributed by atoms with E-state index in [1.165, 1.54) is 0 Å². The molecule has 1 unspecified atom stereocenters. The fourth-order valence-corrected chi connectivity index (χ4v) is 3.24. The Balaban J connectivity index is 1.83. The SMILES string of the molecule is CCC(C)OCC(C)(C)C1OCC2(COC(C(C)(C)COC)OC2)CO1. The zero-order chi connectivity index (χ0) is 19.4. The molecule has 0 aromatic rings. The van der Waals surface area contributed by atoms with Crippen LogP contribution in [0.25, 0.3) is 0 Å². The molecule has 6 nitrogen and oxygen atoms in total. The zero-order valence-electron chi connectivity index (χ0n) is 17.6. The summed E-state index contributed by atoms with van der Waals surface area (Å²) in [6.45, 7) is 16.1. The summed E-state index contributed by atoms with van der Waals surface area (Å²) in [7, 11) is 1.70. The van der Waals surface area contributed by atoms with Crippen LogP contribution in [-0.2, 0) is 28.4 Å². The van der Waals surface area contributed by atoms with Gasteiger partial charge in [0.1, 0.15) is 0 Å². The third kappa shape index (κ3) is 5.40. The Labute approximate surface area is 158 Å². The van der Waals surface area contributed by atoms with E-state index in [1.54, 1.807) is 7.11 Å². The monoisotopic (exact) mass is 374 g/mol. The molecular formula is C20H38O6. The molecule has 0 aromatic carbocycles. The second-order valence-electron chi connectivity index (χ2n) is 9.35. The lowest BCUT2D eigenvalue weighted by atomic mass is 9.86. The summed E-state index contributed by atoms with van der Waals surface area (Å²) >= 11 is 0. The van der Waals surface area contributed by atoms with Gasteiger partial charge in [-0.3, -0.25) is 0 Å². The average Bonchev–Trinajstić information content (AvgIpc) is 2.60. The standard InChI is InChI=1S/C20H38O6/c1-8-15(2)22-10-19(5,6)17-25-13-20(14-26-17)11-23-16(24-12-20)18(3,4)9-21-7/h15-17H,8-14H2,1-7H3. The van der Waals surface area contributed by atoms with Crippen LogP contribution in [0.1, 0.15) is 48.0 Å². The smallest absolute Gasteiger partial charge is 0.164 e. The summed E-state index contributed by atoms with van der Waals surface area (Å²) in [5, 5.41) is 0. The Morgan fingerprint density at radius 2 is 1.31 bits per heavy atom. The van der Waals surface area contributed by atoms with Gasteiger partial charge in [0.15, 0.2) is 12.6 Å². The molecule has 2 fully saturated rings. The Bertz CT molecular complexity index is 418. The van der Waals surface area contributed by atoms with E-state index in [9.17, 15) is 0 Å². The Hall–Kier alpha value is -0.240. The maximum Gasteiger partial charge on any atom is 0.164 e. The molecule has 1 spiro atoms. The normalized spacial score (nSPS) is 32.0. The van der Waals surface area contributed by atoms with Crippen molar-refractivity contribution >= 4 is 0 Å². The van der Waals surface area contributed by atoms with Crippen molar-refractivity contribution < 1.29 is 28.4 Å². The fraction of sp³-hybridized carbons (Fsp3) is 1.00. The van der Waals surface area contributed by atoms with Gasteiger partial charge in [0.2, 0.25) is 0 Å². The highest BCUT2D eigenvalue weighted by molar-refractivity contribution is 4.89. The van der Waals surface area contributed by atoms with Crippen LogP contribution in [-0.4, -0.2) is 65.4 Å². The van der Waals surface area contributed by atoms with Crippen molar-refractivity contribution in [1.82, 2.24) is 0 Å². The van der Waals surface area contributed by atoms with Crippen molar-refractivity contribution in [2.75, 3.05) is 46.8 Å². The highest BCUT2D eigenvalue weighted by Crippen LogP contribution is 2.38. The second-order valence-corrected chi connectivity index (χ2v) is 9.35. The van der Waals surface area contributed by atoms with Crippen LogP contribution in [0.3, 0.4) is 0 Å². The van der Waals surface area contributed by atoms with Crippen LogP contribution in [0.4, 0.5) is 0 Å². The van der Waals surface area contributed by atoms with E-state index < -0.39 is 0 Å². The Kier molecular flexibility index (Phi) is 7.50. The molecule has 2 heterocycles.